The van der Waals surface area contributed by atoms with E-state index in [0.717, 1.165) is 37.2 Å². The van der Waals surface area contributed by atoms with Gasteiger partial charge in [0.2, 0.25) is 0 Å². The Morgan fingerprint density at radius 1 is 1.42 bits per heavy atom. The van der Waals surface area contributed by atoms with Crippen LogP contribution in [0.5, 0.6) is 0 Å². The highest BCUT2D eigenvalue weighted by Gasteiger charge is 2.28. The minimum atomic E-state index is -0.678. The van der Waals surface area contributed by atoms with Crippen LogP contribution in [0.3, 0.4) is 0 Å². The van der Waals surface area contributed by atoms with Crippen LogP contribution in [0.4, 0.5) is 9.80 Å². The molecule has 1 fully saturated rings. The fourth-order valence-corrected chi connectivity index (χ4v) is 3.98. The minimum Gasteiger partial charge on any atom is -0.467 e. The number of aryl methyl sites for hydroxylation is 1. The number of urea groups is 1. The summed E-state index contributed by atoms with van der Waals surface area (Å²) < 4.78 is 5.29. The average molecular weight is 348 g/mol. The van der Waals surface area contributed by atoms with Gasteiger partial charge in [0.1, 0.15) is 11.9 Å². The molecular weight excluding hydrogens is 324 g/mol. The van der Waals surface area contributed by atoms with Crippen LogP contribution in [-0.2, 0) is 0 Å². The molecule has 3 heterocycles. The number of amides is 2. The molecule has 2 atom stereocenters. The highest BCUT2D eigenvalue weighted by molar-refractivity contribution is 7.16. The second-order valence-corrected chi connectivity index (χ2v) is 7.59. The molecule has 0 radical (unpaired) electrons. The first kappa shape index (κ1) is 17.0. The van der Waals surface area contributed by atoms with Gasteiger partial charge in [-0.1, -0.05) is 12.8 Å². The number of carbonyl (C=O) groups is 1. The maximum Gasteiger partial charge on any atom is 0.322 e. The summed E-state index contributed by atoms with van der Waals surface area (Å²) in [6.07, 6.45) is 5.51. The lowest BCUT2D eigenvalue weighted by atomic mass is 10.0. The van der Waals surface area contributed by atoms with Crippen molar-refractivity contribution >= 4 is 22.4 Å². The molecule has 1 saturated heterocycles. The predicted octanol–water partition coefficient (Wildman–Crippen LogP) is 4.55. The lowest BCUT2D eigenvalue weighted by molar-refractivity contribution is 0.0988. The van der Waals surface area contributed by atoms with Gasteiger partial charge in [-0.2, -0.15) is 0 Å². The monoisotopic (exact) mass is 348 g/mol. The van der Waals surface area contributed by atoms with Crippen molar-refractivity contribution in [2.45, 2.75) is 51.2 Å². The fourth-order valence-electron chi connectivity index (χ4n) is 3.22. The van der Waals surface area contributed by atoms with Gasteiger partial charge in [0.05, 0.1) is 11.3 Å². The second-order valence-electron chi connectivity index (χ2n) is 6.30. The van der Waals surface area contributed by atoms with Crippen molar-refractivity contribution in [1.29, 1.82) is 0 Å². The van der Waals surface area contributed by atoms with Crippen LogP contribution >= 0.6 is 11.3 Å². The van der Waals surface area contributed by atoms with Crippen LogP contribution in [0.15, 0.2) is 34.9 Å². The number of anilines is 1. The van der Waals surface area contributed by atoms with Crippen LogP contribution in [0.1, 0.15) is 48.8 Å². The molecule has 0 spiro atoms. The third kappa shape index (κ3) is 4.19. The van der Waals surface area contributed by atoms with Crippen molar-refractivity contribution in [2.24, 2.45) is 0 Å². The third-order valence-electron chi connectivity index (χ3n) is 4.48. The van der Waals surface area contributed by atoms with E-state index in [1.54, 1.807) is 29.7 Å². The van der Waals surface area contributed by atoms with E-state index in [2.05, 4.69) is 5.32 Å². The first-order valence-corrected chi connectivity index (χ1v) is 9.30. The van der Waals surface area contributed by atoms with Crippen molar-refractivity contribution < 1.29 is 14.3 Å². The van der Waals surface area contributed by atoms with Crippen LogP contribution in [0.2, 0.25) is 0 Å². The fraction of sp³-hybridized carbons (Fsp3) is 0.500. The van der Waals surface area contributed by atoms with Crippen molar-refractivity contribution in [3.63, 3.8) is 0 Å². The van der Waals surface area contributed by atoms with Gasteiger partial charge in [0.15, 0.2) is 0 Å². The molecule has 2 N–H and O–H groups in total. The van der Waals surface area contributed by atoms with E-state index in [9.17, 15) is 9.90 Å². The highest BCUT2D eigenvalue weighted by atomic mass is 32.1. The van der Waals surface area contributed by atoms with Crippen molar-refractivity contribution in [3.05, 3.63) is 41.2 Å². The van der Waals surface area contributed by atoms with Crippen molar-refractivity contribution in [3.8, 4) is 0 Å². The van der Waals surface area contributed by atoms with E-state index in [0.29, 0.717) is 12.2 Å². The van der Waals surface area contributed by atoms with E-state index >= 15 is 0 Å². The van der Waals surface area contributed by atoms with Crippen LogP contribution in [0.25, 0.3) is 0 Å². The Bertz CT molecular complexity index is 653. The van der Waals surface area contributed by atoms with Crippen LogP contribution in [0, 0.1) is 6.92 Å². The molecule has 1 aliphatic rings. The van der Waals surface area contributed by atoms with E-state index in [1.807, 2.05) is 24.0 Å². The lowest BCUT2D eigenvalue weighted by Gasteiger charge is -2.31. The summed E-state index contributed by atoms with van der Waals surface area (Å²) >= 11 is 1.58. The summed E-state index contributed by atoms with van der Waals surface area (Å²) in [6.45, 7) is 2.75. The summed E-state index contributed by atoms with van der Waals surface area (Å²) in [7, 11) is 0. The topological polar surface area (TPSA) is 65.7 Å². The predicted molar refractivity (Wildman–Crippen MR) is 95.3 cm³/mol. The molecule has 3 rings (SSSR count). The summed E-state index contributed by atoms with van der Waals surface area (Å²) in [5.41, 5.74) is 0. The van der Waals surface area contributed by atoms with Gasteiger partial charge in [-0.05, 0) is 44.0 Å². The Hall–Kier alpha value is -1.79. The van der Waals surface area contributed by atoms with Crippen molar-refractivity contribution in [2.75, 3.05) is 11.9 Å². The number of furan rings is 1. The minimum absolute atomic E-state index is 0.0219. The largest absolute Gasteiger partial charge is 0.467 e. The molecule has 130 valence electrons. The summed E-state index contributed by atoms with van der Waals surface area (Å²) in [6, 6.07) is 7.43. The zero-order valence-corrected chi connectivity index (χ0v) is 14.7. The molecule has 5 nitrogen and oxygen atoms in total. The molecular formula is C18H24N2O3S. The van der Waals surface area contributed by atoms with Gasteiger partial charge >= 0.3 is 6.03 Å². The van der Waals surface area contributed by atoms with E-state index in [1.165, 1.54) is 4.88 Å². The number of hydrogen-bond donors (Lipinski definition) is 2. The van der Waals surface area contributed by atoms with Crippen molar-refractivity contribution in [1.82, 2.24) is 4.90 Å². The van der Waals surface area contributed by atoms with Gasteiger partial charge in [-0.3, -0.25) is 5.32 Å². The molecule has 0 aliphatic carbocycles. The second kappa shape index (κ2) is 7.85. The molecule has 24 heavy (non-hydrogen) atoms. The Kier molecular flexibility index (Phi) is 5.58. The highest BCUT2D eigenvalue weighted by Crippen LogP contribution is 2.28. The molecule has 2 aromatic rings. The Balaban J connectivity index is 1.68. The first-order valence-electron chi connectivity index (χ1n) is 8.49. The molecule has 0 saturated carbocycles. The van der Waals surface area contributed by atoms with Gasteiger partial charge in [-0.25, -0.2) is 4.79 Å². The number of rotatable bonds is 4. The summed E-state index contributed by atoms with van der Waals surface area (Å²) in [5, 5.41) is 14.3. The summed E-state index contributed by atoms with van der Waals surface area (Å²) in [5.74, 6) is 0.563. The number of aliphatic hydroxyl groups excluding tert-OH is 1. The average Bonchev–Trinajstić information content (AvgIpc) is 3.16. The van der Waals surface area contributed by atoms with Crippen LogP contribution < -0.4 is 5.32 Å². The molecule has 6 heteroatoms. The van der Waals surface area contributed by atoms with Crippen LogP contribution in [-0.4, -0.2) is 28.6 Å². The van der Waals surface area contributed by atoms with E-state index in [-0.39, 0.29) is 12.1 Å². The van der Waals surface area contributed by atoms with Gasteiger partial charge in [0.25, 0.3) is 0 Å². The molecule has 0 bridgehead atoms. The number of nitrogens with zero attached hydrogens (tertiary/aromatic N) is 1. The maximum atomic E-state index is 12.7. The normalized spacial score (nSPS) is 19.8. The standard InChI is InChI=1S/C18H24N2O3S/c1-13-8-9-17(24-13)19-18(22)20-10-4-2-3-6-14(20)12-15(21)16-7-5-11-23-16/h5,7-9,11,14-15,21H,2-4,6,10,12H2,1H3,(H,19,22). The molecule has 2 unspecified atom stereocenters. The number of thiophene rings is 1. The number of hydrogen-bond acceptors (Lipinski definition) is 4. The van der Waals surface area contributed by atoms with Gasteiger partial charge < -0.3 is 14.4 Å². The Labute approximate surface area is 146 Å². The Morgan fingerprint density at radius 2 is 2.29 bits per heavy atom. The molecule has 1 aliphatic heterocycles. The maximum absolute atomic E-state index is 12.7. The number of carbonyl (C=O) groups excluding carboxylic acids is 1. The van der Waals surface area contributed by atoms with E-state index in [4.69, 9.17) is 4.42 Å². The SMILES string of the molecule is Cc1ccc(NC(=O)N2CCCCCC2CC(O)c2ccco2)s1. The zero-order chi connectivity index (χ0) is 16.9. The number of likely N-dealkylation sites (tertiary alicyclic amines) is 1. The number of nitrogens with one attached hydrogen (secondary N) is 1. The quantitative estimate of drug-likeness (QED) is 0.852. The molecule has 2 amide bonds. The molecule has 2 aromatic heterocycles. The van der Waals surface area contributed by atoms with E-state index < -0.39 is 6.10 Å². The first-order chi connectivity index (χ1) is 11.6. The van der Waals surface area contributed by atoms with Gasteiger partial charge in [-0.15, -0.1) is 11.3 Å². The van der Waals surface area contributed by atoms with Gasteiger partial charge in [0, 0.05) is 23.9 Å². The lowest BCUT2D eigenvalue weighted by Crippen LogP contribution is -2.43. The summed E-state index contributed by atoms with van der Waals surface area (Å²) in [4.78, 5) is 15.8. The molecule has 0 aromatic carbocycles. The Morgan fingerprint density at radius 3 is 3.00 bits per heavy atom. The zero-order valence-electron chi connectivity index (χ0n) is 13.9. The smallest absolute Gasteiger partial charge is 0.322 e. The third-order valence-corrected chi connectivity index (χ3v) is 5.39. The number of aliphatic hydroxyl groups is 1.